The summed E-state index contributed by atoms with van der Waals surface area (Å²) in [5.41, 5.74) is 8.87. The SMILES string of the molecule is CCC(=NNC(=O)c1cc(Cl)ccc1O)c1ccc(OCC(N)=O)cc1. The van der Waals surface area contributed by atoms with Crippen molar-refractivity contribution in [1.82, 2.24) is 5.43 Å². The van der Waals surface area contributed by atoms with Gasteiger partial charge in [-0.15, -0.1) is 0 Å². The monoisotopic (exact) mass is 375 g/mol. The van der Waals surface area contributed by atoms with Crippen molar-refractivity contribution in [3.8, 4) is 11.5 Å². The number of halogens is 1. The highest BCUT2D eigenvalue weighted by molar-refractivity contribution is 6.31. The molecule has 2 rings (SSSR count). The average Bonchev–Trinajstić information content (AvgIpc) is 2.63. The fourth-order valence-electron chi connectivity index (χ4n) is 2.11. The second-order valence-corrected chi connectivity index (χ2v) is 5.73. The molecule has 0 spiro atoms. The molecule has 0 unspecified atom stereocenters. The predicted octanol–water partition coefficient (Wildman–Crippen LogP) is 2.45. The highest BCUT2D eigenvalue weighted by Gasteiger charge is 2.12. The molecule has 0 fully saturated rings. The standard InChI is InChI=1S/C18H18ClN3O4/c1-2-15(11-3-6-13(7-4-11)26-10-17(20)24)21-22-18(25)14-9-12(19)5-8-16(14)23/h3-9,23H,2,10H2,1H3,(H2,20,24)(H,22,25). The molecule has 2 aromatic rings. The molecule has 0 radical (unpaired) electrons. The van der Waals surface area contributed by atoms with Crippen LogP contribution in [-0.2, 0) is 4.79 Å². The van der Waals surface area contributed by atoms with Crippen molar-refractivity contribution < 1.29 is 19.4 Å². The highest BCUT2D eigenvalue weighted by Crippen LogP contribution is 2.21. The van der Waals surface area contributed by atoms with Crippen LogP contribution in [0.2, 0.25) is 5.02 Å². The lowest BCUT2D eigenvalue weighted by atomic mass is 10.1. The Kier molecular flexibility index (Phi) is 6.57. The van der Waals surface area contributed by atoms with Crippen molar-refractivity contribution in [2.45, 2.75) is 13.3 Å². The number of ether oxygens (including phenoxy) is 1. The number of primary amides is 1. The smallest absolute Gasteiger partial charge is 0.275 e. The van der Waals surface area contributed by atoms with E-state index in [4.69, 9.17) is 22.1 Å². The first-order chi connectivity index (χ1) is 12.4. The molecule has 2 amide bonds. The topological polar surface area (TPSA) is 114 Å². The Morgan fingerprint density at radius 3 is 2.54 bits per heavy atom. The van der Waals surface area contributed by atoms with Crippen LogP contribution in [0.25, 0.3) is 0 Å². The van der Waals surface area contributed by atoms with Crippen LogP contribution in [0.5, 0.6) is 11.5 Å². The van der Waals surface area contributed by atoms with Gasteiger partial charge < -0.3 is 15.6 Å². The first-order valence-electron chi connectivity index (χ1n) is 7.77. The van der Waals surface area contributed by atoms with Crippen molar-refractivity contribution in [2.24, 2.45) is 10.8 Å². The number of phenolic OH excluding ortho intramolecular Hbond substituents is 1. The number of hydrogen-bond donors (Lipinski definition) is 3. The number of rotatable bonds is 7. The predicted molar refractivity (Wildman–Crippen MR) is 98.5 cm³/mol. The normalized spacial score (nSPS) is 11.1. The van der Waals surface area contributed by atoms with Gasteiger partial charge in [-0.3, -0.25) is 9.59 Å². The van der Waals surface area contributed by atoms with E-state index < -0.39 is 11.8 Å². The number of phenols is 1. The molecule has 4 N–H and O–H groups in total. The van der Waals surface area contributed by atoms with E-state index in [1.807, 2.05) is 6.92 Å². The Morgan fingerprint density at radius 1 is 1.23 bits per heavy atom. The van der Waals surface area contributed by atoms with Gasteiger partial charge in [-0.25, -0.2) is 5.43 Å². The number of hydrogen-bond acceptors (Lipinski definition) is 5. The number of nitrogens with zero attached hydrogens (tertiary/aromatic N) is 1. The molecule has 0 aliphatic heterocycles. The van der Waals surface area contributed by atoms with E-state index in [9.17, 15) is 14.7 Å². The van der Waals surface area contributed by atoms with Gasteiger partial charge in [0.25, 0.3) is 11.8 Å². The highest BCUT2D eigenvalue weighted by atomic mass is 35.5. The first kappa shape index (κ1) is 19.3. The minimum absolute atomic E-state index is 0.0342. The fraction of sp³-hybridized carbons (Fsp3) is 0.167. The van der Waals surface area contributed by atoms with Crippen LogP contribution in [0.1, 0.15) is 29.3 Å². The molecule has 8 heteroatoms. The van der Waals surface area contributed by atoms with Crippen LogP contribution in [0.3, 0.4) is 0 Å². The van der Waals surface area contributed by atoms with Gasteiger partial charge >= 0.3 is 0 Å². The third-order valence-corrected chi connectivity index (χ3v) is 3.63. The molecular formula is C18H18ClN3O4. The van der Waals surface area contributed by atoms with E-state index in [1.54, 1.807) is 24.3 Å². The van der Waals surface area contributed by atoms with Crippen LogP contribution < -0.4 is 15.9 Å². The van der Waals surface area contributed by atoms with Gasteiger partial charge in [-0.1, -0.05) is 18.5 Å². The number of nitrogens with two attached hydrogens (primary N) is 1. The number of carbonyl (C=O) groups is 2. The van der Waals surface area contributed by atoms with E-state index in [1.165, 1.54) is 18.2 Å². The Hall–Kier alpha value is -3.06. The van der Waals surface area contributed by atoms with E-state index in [-0.39, 0.29) is 17.9 Å². The molecule has 136 valence electrons. The van der Waals surface area contributed by atoms with E-state index >= 15 is 0 Å². The van der Waals surface area contributed by atoms with Crippen molar-refractivity contribution in [2.75, 3.05) is 6.61 Å². The average molecular weight is 376 g/mol. The number of aromatic hydroxyl groups is 1. The molecule has 0 heterocycles. The van der Waals surface area contributed by atoms with E-state index in [0.29, 0.717) is 22.9 Å². The first-order valence-corrected chi connectivity index (χ1v) is 8.15. The Labute approximate surface area is 155 Å². The van der Waals surface area contributed by atoms with Gasteiger partial charge in [0.2, 0.25) is 0 Å². The van der Waals surface area contributed by atoms with Gasteiger partial charge in [0, 0.05) is 5.02 Å². The van der Waals surface area contributed by atoms with Crippen LogP contribution in [-0.4, -0.2) is 29.2 Å². The Morgan fingerprint density at radius 2 is 1.92 bits per heavy atom. The van der Waals surface area contributed by atoms with Crippen molar-refractivity contribution >= 4 is 29.1 Å². The van der Waals surface area contributed by atoms with E-state index in [0.717, 1.165) is 5.56 Å². The minimum Gasteiger partial charge on any atom is -0.507 e. The van der Waals surface area contributed by atoms with Gasteiger partial charge in [0.1, 0.15) is 11.5 Å². The largest absolute Gasteiger partial charge is 0.507 e. The second kappa shape index (κ2) is 8.87. The van der Waals surface area contributed by atoms with Crippen molar-refractivity contribution in [3.05, 3.63) is 58.6 Å². The summed E-state index contributed by atoms with van der Waals surface area (Å²) in [6.07, 6.45) is 0.559. The lowest BCUT2D eigenvalue weighted by molar-refractivity contribution is -0.119. The van der Waals surface area contributed by atoms with Gasteiger partial charge in [-0.05, 0) is 54.4 Å². The van der Waals surface area contributed by atoms with Gasteiger partial charge in [-0.2, -0.15) is 5.10 Å². The molecule has 0 aliphatic carbocycles. The van der Waals surface area contributed by atoms with Crippen LogP contribution in [0.4, 0.5) is 0 Å². The summed E-state index contributed by atoms with van der Waals surface area (Å²) in [6.45, 7) is 1.69. The summed E-state index contributed by atoms with van der Waals surface area (Å²) >= 11 is 5.84. The third kappa shape index (κ3) is 5.22. The summed E-state index contributed by atoms with van der Waals surface area (Å²) in [5.74, 6) is -0.818. The quantitative estimate of drug-likeness (QED) is 0.509. The summed E-state index contributed by atoms with van der Waals surface area (Å²) in [6, 6.07) is 11.0. The van der Waals surface area contributed by atoms with Crippen LogP contribution in [0, 0.1) is 0 Å². The van der Waals surface area contributed by atoms with Gasteiger partial charge in [0.05, 0.1) is 11.3 Å². The summed E-state index contributed by atoms with van der Waals surface area (Å²) in [7, 11) is 0. The minimum atomic E-state index is -0.572. The number of amides is 2. The maximum atomic E-state index is 12.2. The number of benzene rings is 2. The molecule has 0 atom stereocenters. The second-order valence-electron chi connectivity index (χ2n) is 5.29. The number of carbonyl (C=O) groups excluding carboxylic acids is 2. The molecular weight excluding hydrogens is 358 g/mol. The maximum absolute atomic E-state index is 12.2. The zero-order chi connectivity index (χ0) is 19.1. The third-order valence-electron chi connectivity index (χ3n) is 3.40. The molecule has 0 aliphatic rings. The summed E-state index contributed by atoms with van der Waals surface area (Å²) in [5, 5.41) is 14.2. The van der Waals surface area contributed by atoms with Crippen molar-refractivity contribution in [1.29, 1.82) is 0 Å². The van der Waals surface area contributed by atoms with Crippen LogP contribution >= 0.6 is 11.6 Å². The zero-order valence-corrected chi connectivity index (χ0v) is 14.8. The molecule has 2 aromatic carbocycles. The lowest BCUT2D eigenvalue weighted by Gasteiger charge is -2.08. The lowest BCUT2D eigenvalue weighted by Crippen LogP contribution is -2.20. The fourth-order valence-corrected chi connectivity index (χ4v) is 2.29. The Balaban J connectivity index is 2.11. The number of nitrogens with one attached hydrogen (secondary N) is 1. The van der Waals surface area contributed by atoms with Crippen molar-refractivity contribution in [3.63, 3.8) is 0 Å². The van der Waals surface area contributed by atoms with Crippen LogP contribution in [0.15, 0.2) is 47.6 Å². The molecule has 26 heavy (non-hydrogen) atoms. The van der Waals surface area contributed by atoms with E-state index in [2.05, 4.69) is 10.5 Å². The molecule has 0 saturated carbocycles. The maximum Gasteiger partial charge on any atom is 0.275 e. The Bertz CT molecular complexity index is 835. The number of hydrazone groups is 1. The zero-order valence-electron chi connectivity index (χ0n) is 14.0. The summed E-state index contributed by atoms with van der Waals surface area (Å²) in [4.78, 5) is 22.9. The molecule has 0 saturated heterocycles. The molecule has 0 bridgehead atoms. The molecule has 0 aromatic heterocycles. The molecule has 7 nitrogen and oxygen atoms in total. The summed E-state index contributed by atoms with van der Waals surface area (Å²) < 4.78 is 5.19. The van der Waals surface area contributed by atoms with Gasteiger partial charge in [0.15, 0.2) is 6.61 Å².